The summed E-state index contributed by atoms with van der Waals surface area (Å²) in [7, 11) is 0. The minimum Gasteiger partial charge on any atom is -0.389 e. The predicted molar refractivity (Wildman–Crippen MR) is 69.6 cm³/mol. The van der Waals surface area contributed by atoms with E-state index in [1.807, 2.05) is 6.92 Å². The van der Waals surface area contributed by atoms with Crippen LogP contribution in [0.2, 0.25) is 0 Å². The third-order valence-corrected chi connectivity index (χ3v) is 2.25. The average Bonchev–Trinajstić information content (AvgIpc) is 2.25. The fraction of sp³-hybridized carbons (Fsp3) is 0.273. The van der Waals surface area contributed by atoms with Crippen LogP contribution in [0.4, 0.5) is 14.9 Å². The van der Waals surface area contributed by atoms with Gasteiger partial charge in [-0.3, -0.25) is 0 Å². The summed E-state index contributed by atoms with van der Waals surface area (Å²) >= 11 is 4.74. The standard InChI is InChI=1S/C11H14FN3OS/c1-2-6-14-11(16)15-8-5-3-4-7(12)9(8)10(13)17/h3-5H,2,6H2,1H3,(H2,13,17)(H2,14,15,16). The van der Waals surface area contributed by atoms with E-state index >= 15 is 0 Å². The maximum atomic E-state index is 13.5. The number of urea groups is 1. The molecule has 0 aliphatic carbocycles. The molecule has 0 atom stereocenters. The highest BCUT2D eigenvalue weighted by Crippen LogP contribution is 2.18. The zero-order chi connectivity index (χ0) is 12.8. The number of thiocarbonyl (C=S) groups is 1. The molecule has 17 heavy (non-hydrogen) atoms. The Balaban J connectivity index is 2.87. The Kier molecular flexibility index (Phi) is 4.84. The molecule has 0 spiro atoms. The lowest BCUT2D eigenvalue weighted by Gasteiger charge is -2.11. The van der Waals surface area contributed by atoms with Crippen molar-refractivity contribution in [2.45, 2.75) is 13.3 Å². The molecule has 0 unspecified atom stereocenters. The highest BCUT2D eigenvalue weighted by Gasteiger charge is 2.12. The van der Waals surface area contributed by atoms with Gasteiger partial charge in [0.05, 0.1) is 11.3 Å². The molecular formula is C11H14FN3OS. The lowest BCUT2D eigenvalue weighted by molar-refractivity contribution is 0.252. The van der Waals surface area contributed by atoms with Gasteiger partial charge in [0, 0.05) is 6.54 Å². The van der Waals surface area contributed by atoms with Crippen LogP contribution in [-0.4, -0.2) is 17.6 Å². The van der Waals surface area contributed by atoms with E-state index in [9.17, 15) is 9.18 Å². The Labute approximate surface area is 104 Å². The zero-order valence-corrected chi connectivity index (χ0v) is 10.2. The summed E-state index contributed by atoms with van der Waals surface area (Å²) in [5.74, 6) is -0.550. The fourth-order valence-electron chi connectivity index (χ4n) is 1.28. The molecule has 0 fully saturated rings. The molecule has 6 heteroatoms. The summed E-state index contributed by atoms with van der Waals surface area (Å²) < 4.78 is 13.5. The highest BCUT2D eigenvalue weighted by atomic mass is 32.1. The summed E-state index contributed by atoms with van der Waals surface area (Å²) in [5.41, 5.74) is 5.73. The third-order valence-electron chi connectivity index (χ3n) is 2.04. The van der Waals surface area contributed by atoms with Gasteiger partial charge < -0.3 is 16.4 Å². The number of amides is 2. The van der Waals surface area contributed by atoms with E-state index < -0.39 is 11.8 Å². The van der Waals surface area contributed by atoms with E-state index in [1.54, 1.807) is 6.07 Å². The van der Waals surface area contributed by atoms with E-state index in [0.29, 0.717) is 6.54 Å². The molecule has 1 rings (SSSR count). The van der Waals surface area contributed by atoms with Crippen LogP contribution >= 0.6 is 12.2 Å². The lowest BCUT2D eigenvalue weighted by Crippen LogP contribution is -2.30. The van der Waals surface area contributed by atoms with Crippen LogP contribution in [0.3, 0.4) is 0 Å². The number of nitrogens with two attached hydrogens (primary N) is 1. The molecule has 1 aromatic carbocycles. The smallest absolute Gasteiger partial charge is 0.319 e. The fourth-order valence-corrected chi connectivity index (χ4v) is 1.49. The first kappa shape index (κ1) is 13.4. The summed E-state index contributed by atoms with van der Waals surface area (Å²) in [4.78, 5) is 11.3. The van der Waals surface area contributed by atoms with Gasteiger partial charge in [0.1, 0.15) is 10.8 Å². The van der Waals surface area contributed by atoms with Gasteiger partial charge in [-0.05, 0) is 18.6 Å². The van der Waals surface area contributed by atoms with E-state index in [0.717, 1.165) is 6.42 Å². The molecule has 0 bridgehead atoms. The van der Waals surface area contributed by atoms with Crippen molar-refractivity contribution >= 4 is 28.9 Å². The predicted octanol–water partition coefficient (Wildman–Crippen LogP) is 1.99. The largest absolute Gasteiger partial charge is 0.389 e. The number of rotatable bonds is 4. The van der Waals surface area contributed by atoms with E-state index in [-0.39, 0.29) is 16.2 Å². The SMILES string of the molecule is CCCNC(=O)Nc1cccc(F)c1C(N)=S. The summed E-state index contributed by atoms with van der Waals surface area (Å²) in [6, 6.07) is 3.86. The number of hydrogen-bond donors (Lipinski definition) is 3. The third kappa shape index (κ3) is 3.67. The normalized spacial score (nSPS) is 9.76. The quantitative estimate of drug-likeness (QED) is 0.721. The minimum absolute atomic E-state index is 0.0501. The molecule has 0 saturated heterocycles. The van der Waals surface area contributed by atoms with Crippen LogP contribution in [0.25, 0.3) is 0 Å². The van der Waals surface area contributed by atoms with Gasteiger partial charge in [0.15, 0.2) is 0 Å². The van der Waals surface area contributed by atoms with Gasteiger partial charge in [-0.2, -0.15) is 0 Å². The number of carbonyl (C=O) groups excluding carboxylic acids is 1. The van der Waals surface area contributed by atoms with Gasteiger partial charge in [-0.15, -0.1) is 0 Å². The van der Waals surface area contributed by atoms with Gasteiger partial charge >= 0.3 is 6.03 Å². The van der Waals surface area contributed by atoms with Crippen molar-refractivity contribution in [3.8, 4) is 0 Å². The number of anilines is 1. The van der Waals surface area contributed by atoms with Crippen molar-refractivity contribution in [3.05, 3.63) is 29.6 Å². The summed E-state index contributed by atoms with van der Waals surface area (Å²) in [6.07, 6.45) is 0.818. The topological polar surface area (TPSA) is 67.2 Å². The van der Waals surface area contributed by atoms with Gasteiger partial charge in [-0.25, -0.2) is 9.18 Å². The molecule has 4 N–H and O–H groups in total. The Bertz CT molecular complexity index is 437. The van der Waals surface area contributed by atoms with Gasteiger partial charge in [0.2, 0.25) is 0 Å². The number of hydrogen-bond acceptors (Lipinski definition) is 2. The second-order valence-electron chi connectivity index (χ2n) is 3.41. The maximum Gasteiger partial charge on any atom is 0.319 e. The molecule has 0 radical (unpaired) electrons. The number of halogens is 1. The van der Waals surface area contributed by atoms with Crippen LogP contribution in [-0.2, 0) is 0 Å². The minimum atomic E-state index is -0.550. The number of carbonyl (C=O) groups is 1. The maximum absolute atomic E-state index is 13.5. The second kappa shape index (κ2) is 6.15. The molecule has 0 saturated carbocycles. The van der Waals surface area contributed by atoms with Crippen molar-refractivity contribution < 1.29 is 9.18 Å². The second-order valence-corrected chi connectivity index (χ2v) is 3.85. The Morgan fingerprint density at radius 3 is 2.82 bits per heavy atom. The first-order valence-corrected chi connectivity index (χ1v) is 5.60. The molecule has 0 aliphatic heterocycles. The van der Waals surface area contributed by atoms with Crippen molar-refractivity contribution in [1.29, 1.82) is 0 Å². The summed E-state index contributed by atoms with van der Waals surface area (Å²) in [5, 5.41) is 5.12. The van der Waals surface area contributed by atoms with Crippen molar-refractivity contribution in [1.82, 2.24) is 5.32 Å². The van der Waals surface area contributed by atoms with Gasteiger partial charge in [0.25, 0.3) is 0 Å². The van der Waals surface area contributed by atoms with E-state index in [2.05, 4.69) is 10.6 Å². The molecule has 2 amide bonds. The van der Waals surface area contributed by atoms with Crippen LogP contribution in [0, 0.1) is 5.82 Å². The van der Waals surface area contributed by atoms with Crippen molar-refractivity contribution in [3.63, 3.8) is 0 Å². The Hall–Kier alpha value is -1.69. The molecule has 92 valence electrons. The van der Waals surface area contributed by atoms with Crippen molar-refractivity contribution in [2.75, 3.05) is 11.9 Å². The monoisotopic (exact) mass is 255 g/mol. The van der Waals surface area contributed by atoms with Crippen molar-refractivity contribution in [2.24, 2.45) is 5.73 Å². The van der Waals surface area contributed by atoms with Crippen LogP contribution in [0.1, 0.15) is 18.9 Å². The highest BCUT2D eigenvalue weighted by molar-refractivity contribution is 7.80. The molecule has 4 nitrogen and oxygen atoms in total. The van der Waals surface area contributed by atoms with E-state index in [1.165, 1.54) is 12.1 Å². The average molecular weight is 255 g/mol. The molecule has 0 aromatic heterocycles. The number of benzene rings is 1. The molecule has 0 heterocycles. The van der Waals surface area contributed by atoms with Crippen LogP contribution < -0.4 is 16.4 Å². The van der Waals surface area contributed by atoms with Gasteiger partial charge in [-0.1, -0.05) is 25.2 Å². The van der Waals surface area contributed by atoms with E-state index in [4.69, 9.17) is 18.0 Å². The Morgan fingerprint density at radius 1 is 1.53 bits per heavy atom. The Morgan fingerprint density at radius 2 is 2.24 bits per heavy atom. The van der Waals surface area contributed by atoms with Crippen LogP contribution in [0.5, 0.6) is 0 Å². The lowest BCUT2D eigenvalue weighted by atomic mass is 10.1. The zero-order valence-electron chi connectivity index (χ0n) is 9.42. The van der Waals surface area contributed by atoms with Crippen LogP contribution in [0.15, 0.2) is 18.2 Å². The molecule has 0 aliphatic rings. The molecular weight excluding hydrogens is 241 g/mol. The first-order chi connectivity index (χ1) is 8.06. The molecule has 1 aromatic rings. The first-order valence-electron chi connectivity index (χ1n) is 5.19. The summed E-state index contributed by atoms with van der Waals surface area (Å²) in [6.45, 7) is 2.48. The number of nitrogens with one attached hydrogen (secondary N) is 2.